The third-order valence-corrected chi connectivity index (χ3v) is 4.95. The Morgan fingerprint density at radius 2 is 1.52 bits per heavy atom. The second-order valence-corrected chi connectivity index (χ2v) is 6.36. The summed E-state index contributed by atoms with van der Waals surface area (Å²) in [6.07, 6.45) is 6.15. The van der Waals surface area contributed by atoms with Crippen molar-refractivity contribution in [3.05, 3.63) is 96.1 Å². The van der Waals surface area contributed by atoms with Gasteiger partial charge in [-0.15, -0.1) is 0 Å². The molecule has 3 aromatic carbocycles. The minimum atomic E-state index is 0.953. The fraction of sp³-hybridized carbons (Fsp3) is 0.120. The van der Waals surface area contributed by atoms with Gasteiger partial charge in [0.05, 0.1) is 0 Å². The molecule has 0 radical (unpaired) electrons. The molecule has 0 fully saturated rings. The average Bonchev–Trinajstić information content (AvgIpc) is 2.65. The average molecular weight is 324 g/mol. The normalized spacial score (nSPS) is 11.2. The molecule has 3 aromatic rings. The quantitative estimate of drug-likeness (QED) is 0.440. The van der Waals surface area contributed by atoms with E-state index in [2.05, 4.69) is 94.6 Å². The number of hydrogen-bond acceptors (Lipinski definition) is 0. The Hall–Kier alpha value is -2.86. The van der Waals surface area contributed by atoms with Crippen LogP contribution in [-0.2, 0) is 0 Å². The minimum absolute atomic E-state index is 0.953. The van der Waals surface area contributed by atoms with Gasteiger partial charge in [0.15, 0.2) is 0 Å². The maximum atomic E-state index is 4.18. The summed E-state index contributed by atoms with van der Waals surface area (Å²) in [7, 11) is 0. The Bertz CT molecular complexity index is 1000. The monoisotopic (exact) mass is 324 g/mol. The van der Waals surface area contributed by atoms with Crippen LogP contribution in [0.3, 0.4) is 0 Å². The summed E-state index contributed by atoms with van der Waals surface area (Å²) in [5.41, 5.74) is 8.55. The second-order valence-electron chi connectivity index (χ2n) is 6.36. The topological polar surface area (TPSA) is 0 Å². The lowest BCUT2D eigenvalue weighted by molar-refractivity contribution is 1.34. The van der Waals surface area contributed by atoms with Crippen molar-refractivity contribution in [1.82, 2.24) is 0 Å². The lowest BCUT2D eigenvalue weighted by atomic mass is 9.84. The summed E-state index contributed by atoms with van der Waals surface area (Å²) in [5, 5.41) is 2.57. The summed E-state index contributed by atoms with van der Waals surface area (Å²) in [4.78, 5) is 0. The zero-order valence-corrected chi connectivity index (χ0v) is 15.3. The van der Waals surface area contributed by atoms with E-state index < -0.39 is 0 Å². The first kappa shape index (κ1) is 17.0. The second kappa shape index (κ2) is 6.94. The van der Waals surface area contributed by atoms with Crippen LogP contribution in [0.4, 0.5) is 0 Å². The largest absolute Gasteiger partial charge is 0.0985 e. The number of hydrogen-bond donors (Lipinski definition) is 0. The van der Waals surface area contributed by atoms with Gasteiger partial charge >= 0.3 is 0 Å². The molecule has 0 aliphatic rings. The van der Waals surface area contributed by atoms with E-state index in [1.165, 1.54) is 38.6 Å². The van der Waals surface area contributed by atoms with Crippen LogP contribution in [0, 0.1) is 13.8 Å². The third kappa shape index (κ3) is 2.85. The van der Waals surface area contributed by atoms with Crippen molar-refractivity contribution in [3.63, 3.8) is 0 Å². The Morgan fingerprint density at radius 3 is 2.20 bits per heavy atom. The Kier molecular flexibility index (Phi) is 4.72. The molecule has 0 aliphatic carbocycles. The minimum Gasteiger partial charge on any atom is -0.0985 e. The Labute approximate surface area is 150 Å². The third-order valence-electron chi connectivity index (χ3n) is 4.95. The number of rotatable bonds is 4. The lowest BCUT2D eigenvalue weighted by Gasteiger charge is -2.19. The van der Waals surface area contributed by atoms with Gasteiger partial charge in [0.2, 0.25) is 0 Å². The standard InChI is InChI=1S/C25H24/c1-6-12-21-18(4)19(5)25(24-16-11-9-14-22(21)24)23-15-10-8-13-20(23)17(3)7-2/h6-16H,2-3H2,1,4-5H3/b12-6+. The van der Waals surface area contributed by atoms with Crippen LogP contribution in [0.15, 0.2) is 73.8 Å². The van der Waals surface area contributed by atoms with E-state index in [4.69, 9.17) is 0 Å². The molecular formula is C25H24. The molecule has 0 atom stereocenters. The smallest absolute Gasteiger partial charge is 0.00668 e. The molecule has 0 bridgehead atoms. The first-order valence-electron chi connectivity index (χ1n) is 8.65. The summed E-state index contributed by atoms with van der Waals surface area (Å²) in [6, 6.07) is 17.1. The lowest BCUT2D eigenvalue weighted by Crippen LogP contribution is -1.97. The first-order chi connectivity index (χ1) is 12.1. The molecule has 3 rings (SSSR count). The van der Waals surface area contributed by atoms with Crippen LogP contribution in [-0.4, -0.2) is 0 Å². The molecule has 0 unspecified atom stereocenters. The van der Waals surface area contributed by atoms with Crippen molar-refractivity contribution >= 4 is 22.4 Å². The predicted molar refractivity (Wildman–Crippen MR) is 113 cm³/mol. The molecule has 0 aromatic heterocycles. The molecule has 25 heavy (non-hydrogen) atoms. The van der Waals surface area contributed by atoms with Crippen molar-refractivity contribution in [2.75, 3.05) is 0 Å². The van der Waals surface area contributed by atoms with Crippen molar-refractivity contribution in [1.29, 1.82) is 0 Å². The Balaban J connectivity index is 2.48. The SMILES string of the molecule is C=CC(=C)c1ccccc1-c1c(C)c(C)c(/C=C/C)c2ccccc12. The van der Waals surface area contributed by atoms with E-state index in [0.29, 0.717) is 0 Å². The molecule has 0 heterocycles. The summed E-state index contributed by atoms with van der Waals surface area (Å²) >= 11 is 0. The molecule has 0 spiro atoms. The fourth-order valence-electron chi connectivity index (χ4n) is 3.55. The molecule has 0 amide bonds. The highest BCUT2D eigenvalue weighted by molar-refractivity contribution is 6.05. The maximum Gasteiger partial charge on any atom is -0.00668 e. The highest BCUT2D eigenvalue weighted by atomic mass is 14.2. The first-order valence-corrected chi connectivity index (χ1v) is 8.65. The maximum absolute atomic E-state index is 4.18. The summed E-state index contributed by atoms with van der Waals surface area (Å²) in [6.45, 7) is 14.6. The van der Waals surface area contributed by atoms with Crippen LogP contribution in [0.25, 0.3) is 33.5 Å². The van der Waals surface area contributed by atoms with E-state index in [0.717, 1.165) is 11.1 Å². The number of fused-ring (bicyclic) bond motifs is 1. The van der Waals surface area contributed by atoms with Gasteiger partial charge in [0.25, 0.3) is 0 Å². The van der Waals surface area contributed by atoms with Crippen LogP contribution in [0.2, 0.25) is 0 Å². The van der Waals surface area contributed by atoms with Crippen LogP contribution in [0.5, 0.6) is 0 Å². The molecule has 124 valence electrons. The van der Waals surface area contributed by atoms with E-state index >= 15 is 0 Å². The number of allylic oxidation sites excluding steroid dienone is 3. The molecule has 0 N–H and O–H groups in total. The van der Waals surface area contributed by atoms with Gasteiger partial charge in [-0.25, -0.2) is 0 Å². The molecule has 0 nitrogen and oxygen atoms in total. The van der Waals surface area contributed by atoms with Gasteiger partial charge in [0, 0.05) is 0 Å². The van der Waals surface area contributed by atoms with Gasteiger partial charge in [-0.05, 0) is 70.5 Å². The van der Waals surface area contributed by atoms with Crippen LogP contribution >= 0.6 is 0 Å². The van der Waals surface area contributed by atoms with Gasteiger partial charge in [-0.2, -0.15) is 0 Å². The van der Waals surface area contributed by atoms with E-state index in [1.54, 1.807) is 0 Å². The van der Waals surface area contributed by atoms with Gasteiger partial charge in [-0.1, -0.05) is 79.9 Å². The highest BCUT2D eigenvalue weighted by Crippen LogP contribution is 2.40. The van der Waals surface area contributed by atoms with Gasteiger partial charge in [0.1, 0.15) is 0 Å². The Morgan fingerprint density at radius 1 is 0.880 bits per heavy atom. The van der Waals surface area contributed by atoms with Gasteiger partial charge < -0.3 is 0 Å². The van der Waals surface area contributed by atoms with Gasteiger partial charge in [-0.3, -0.25) is 0 Å². The summed E-state index contributed by atoms with van der Waals surface area (Å²) in [5.74, 6) is 0. The fourth-order valence-corrected chi connectivity index (χ4v) is 3.55. The van der Waals surface area contributed by atoms with Crippen LogP contribution < -0.4 is 0 Å². The zero-order valence-electron chi connectivity index (χ0n) is 15.3. The van der Waals surface area contributed by atoms with E-state index in [9.17, 15) is 0 Å². The van der Waals surface area contributed by atoms with E-state index in [1.807, 2.05) is 6.08 Å². The molecule has 0 saturated heterocycles. The molecule has 0 aliphatic heterocycles. The van der Waals surface area contributed by atoms with Crippen molar-refractivity contribution in [2.45, 2.75) is 20.8 Å². The van der Waals surface area contributed by atoms with E-state index in [-0.39, 0.29) is 0 Å². The van der Waals surface area contributed by atoms with Crippen molar-refractivity contribution < 1.29 is 0 Å². The van der Waals surface area contributed by atoms with Crippen molar-refractivity contribution in [2.24, 2.45) is 0 Å². The molecule has 0 saturated carbocycles. The van der Waals surface area contributed by atoms with Crippen molar-refractivity contribution in [3.8, 4) is 11.1 Å². The predicted octanol–water partition coefficient (Wildman–Crippen LogP) is 7.36. The molecular weight excluding hydrogens is 300 g/mol. The highest BCUT2D eigenvalue weighted by Gasteiger charge is 2.16. The zero-order chi connectivity index (χ0) is 18.0. The summed E-state index contributed by atoms with van der Waals surface area (Å²) < 4.78 is 0. The van der Waals surface area contributed by atoms with Crippen LogP contribution in [0.1, 0.15) is 29.2 Å². The number of benzene rings is 3. The molecule has 0 heteroatoms.